The second-order valence-electron chi connectivity index (χ2n) is 5.73. The summed E-state index contributed by atoms with van der Waals surface area (Å²) in [5.41, 5.74) is 0.658. The Kier molecular flexibility index (Phi) is 4.98. The summed E-state index contributed by atoms with van der Waals surface area (Å²) in [5, 5.41) is 2.57. The van der Waals surface area contributed by atoms with Gasteiger partial charge in [0.2, 0.25) is 5.76 Å². The van der Waals surface area contributed by atoms with E-state index in [2.05, 4.69) is 5.32 Å². The fourth-order valence-corrected chi connectivity index (χ4v) is 2.34. The van der Waals surface area contributed by atoms with Crippen LogP contribution in [-0.4, -0.2) is 18.5 Å². The molecule has 138 valence electrons. The van der Waals surface area contributed by atoms with Crippen molar-refractivity contribution in [1.82, 2.24) is 0 Å². The number of amides is 1. The Hall–Kier alpha value is -3.55. The third-order valence-electron chi connectivity index (χ3n) is 3.62. The molecule has 0 unspecified atom stereocenters. The zero-order valence-corrected chi connectivity index (χ0v) is 14.0. The van der Waals surface area contributed by atoms with E-state index in [1.807, 2.05) is 6.92 Å². The summed E-state index contributed by atoms with van der Waals surface area (Å²) < 4.78 is 36.1. The first-order chi connectivity index (χ1) is 12.8. The number of hydrogen-bond acceptors (Lipinski definition) is 5. The van der Waals surface area contributed by atoms with Gasteiger partial charge < -0.3 is 14.5 Å². The van der Waals surface area contributed by atoms with Gasteiger partial charge in [0.05, 0.1) is 5.39 Å². The molecule has 0 aliphatic rings. The standard InChI is InChI=1S/C19H13F2NO5/c1-10-2-5-16-12(6-10)15(23)8-17(27-16)19(25)26-9-18(24)22-11-3-4-13(20)14(21)7-11/h2-8H,9H2,1H3,(H,22,24). The third-order valence-corrected chi connectivity index (χ3v) is 3.62. The van der Waals surface area contributed by atoms with Crippen LogP contribution < -0.4 is 10.7 Å². The zero-order valence-electron chi connectivity index (χ0n) is 14.0. The van der Waals surface area contributed by atoms with Crippen molar-refractivity contribution in [2.45, 2.75) is 6.92 Å². The Morgan fingerprint density at radius 3 is 2.59 bits per heavy atom. The number of nitrogens with one attached hydrogen (secondary N) is 1. The molecule has 6 nitrogen and oxygen atoms in total. The number of rotatable bonds is 4. The SMILES string of the molecule is Cc1ccc2oc(C(=O)OCC(=O)Nc3ccc(F)c(F)c3)cc(=O)c2c1. The van der Waals surface area contributed by atoms with Gasteiger partial charge in [-0.3, -0.25) is 9.59 Å². The molecule has 0 spiro atoms. The Morgan fingerprint density at radius 2 is 1.85 bits per heavy atom. The van der Waals surface area contributed by atoms with Crippen LogP contribution in [0, 0.1) is 18.6 Å². The first kappa shape index (κ1) is 18.2. The molecule has 8 heteroatoms. The summed E-state index contributed by atoms with van der Waals surface area (Å²) in [5.74, 6) is -4.31. The first-order valence-electron chi connectivity index (χ1n) is 7.80. The van der Waals surface area contributed by atoms with Crippen molar-refractivity contribution >= 4 is 28.5 Å². The maximum absolute atomic E-state index is 13.1. The van der Waals surface area contributed by atoms with E-state index in [-0.39, 0.29) is 17.0 Å². The van der Waals surface area contributed by atoms with Crippen molar-refractivity contribution in [3.63, 3.8) is 0 Å². The van der Waals surface area contributed by atoms with Crippen molar-refractivity contribution in [3.05, 3.63) is 75.6 Å². The van der Waals surface area contributed by atoms with E-state index >= 15 is 0 Å². The summed E-state index contributed by atoms with van der Waals surface area (Å²) in [4.78, 5) is 35.9. The van der Waals surface area contributed by atoms with Crippen molar-refractivity contribution in [2.75, 3.05) is 11.9 Å². The van der Waals surface area contributed by atoms with Crippen LogP contribution in [-0.2, 0) is 9.53 Å². The summed E-state index contributed by atoms with van der Waals surface area (Å²) in [6, 6.07) is 8.68. The molecule has 0 aliphatic heterocycles. The van der Waals surface area contributed by atoms with Gasteiger partial charge in [-0.1, -0.05) is 11.6 Å². The number of anilines is 1. The van der Waals surface area contributed by atoms with Crippen LogP contribution in [0.5, 0.6) is 0 Å². The number of halogens is 2. The maximum atomic E-state index is 13.1. The van der Waals surface area contributed by atoms with Gasteiger partial charge in [0.1, 0.15) is 5.58 Å². The molecule has 1 aromatic heterocycles. The van der Waals surface area contributed by atoms with Gasteiger partial charge in [0.25, 0.3) is 5.91 Å². The maximum Gasteiger partial charge on any atom is 0.374 e. The highest BCUT2D eigenvalue weighted by atomic mass is 19.2. The van der Waals surface area contributed by atoms with Crippen molar-refractivity contribution in [1.29, 1.82) is 0 Å². The van der Waals surface area contributed by atoms with E-state index < -0.39 is 35.5 Å². The number of fused-ring (bicyclic) bond motifs is 1. The van der Waals surface area contributed by atoms with Crippen molar-refractivity contribution in [3.8, 4) is 0 Å². The van der Waals surface area contributed by atoms with Crippen LogP contribution >= 0.6 is 0 Å². The molecule has 0 fully saturated rings. The van der Waals surface area contributed by atoms with E-state index in [1.165, 1.54) is 0 Å². The molecule has 3 aromatic rings. The second kappa shape index (κ2) is 7.36. The van der Waals surface area contributed by atoms with E-state index in [1.54, 1.807) is 18.2 Å². The molecular weight excluding hydrogens is 360 g/mol. The molecule has 27 heavy (non-hydrogen) atoms. The van der Waals surface area contributed by atoms with Crippen LogP contribution in [0.15, 0.2) is 51.7 Å². The predicted molar refractivity (Wildman–Crippen MR) is 92.5 cm³/mol. The van der Waals surface area contributed by atoms with Gasteiger partial charge in [0, 0.05) is 17.8 Å². The molecule has 0 aliphatic carbocycles. The normalized spacial score (nSPS) is 10.6. The van der Waals surface area contributed by atoms with Gasteiger partial charge in [0.15, 0.2) is 23.7 Å². The van der Waals surface area contributed by atoms with Gasteiger partial charge in [-0.25, -0.2) is 13.6 Å². The van der Waals surface area contributed by atoms with Crippen LogP contribution in [0.3, 0.4) is 0 Å². The van der Waals surface area contributed by atoms with Crippen LogP contribution in [0.1, 0.15) is 16.1 Å². The van der Waals surface area contributed by atoms with Gasteiger partial charge in [-0.2, -0.15) is 0 Å². The number of ether oxygens (including phenoxy) is 1. The molecule has 0 bridgehead atoms. The Labute approximate surface area is 151 Å². The minimum Gasteiger partial charge on any atom is -0.450 e. The Bertz CT molecular complexity index is 1110. The second-order valence-corrected chi connectivity index (χ2v) is 5.73. The third kappa shape index (κ3) is 4.17. The molecule has 1 heterocycles. The van der Waals surface area contributed by atoms with Crippen molar-refractivity contribution < 1.29 is 27.5 Å². The molecule has 0 atom stereocenters. The smallest absolute Gasteiger partial charge is 0.374 e. The molecule has 3 rings (SSSR count). The first-order valence-corrected chi connectivity index (χ1v) is 7.80. The number of carbonyl (C=O) groups excluding carboxylic acids is 2. The highest BCUT2D eigenvalue weighted by molar-refractivity contribution is 5.95. The summed E-state index contributed by atoms with van der Waals surface area (Å²) in [6.07, 6.45) is 0. The molecular formula is C19H13F2NO5. The highest BCUT2D eigenvalue weighted by Crippen LogP contribution is 2.15. The number of esters is 1. The number of carbonyl (C=O) groups is 2. The number of hydrogen-bond donors (Lipinski definition) is 1. The molecule has 1 amide bonds. The van der Waals surface area contributed by atoms with Crippen LogP contribution in [0.2, 0.25) is 0 Å². The lowest BCUT2D eigenvalue weighted by molar-refractivity contribution is -0.119. The lowest BCUT2D eigenvalue weighted by Gasteiger charge is -2.07. The fourth-order valence-electron chi connectivity index (χ4n) is 2.34. The summed E-state index contributed by atoms with van der Waals surface area (Å²) in [6.45, 7) is 1.11. The monoisotopic (exact) mass is 373 g/mol. The van der Waals surface area contributed by atoms with E-state index in [0.29, 0.717) is 5.39 Å². The van der Waals surface area contributed by atoms with E-state index in [9.17, 15) is 23.2 Å². The zero-order chi connectivity index (χ0) is 19.6. The minimum atomic E-state index is -1.13. The van der Waals surface area contributed by atoms with Crippen molar-refractivity contribution in [2.24, 2.45) is 0 Å². The van der Waals surface area contributed by atoms with Crippen LogP contribution in [0.4, 0.5) is 14.5 Å². The molecule has 0 radical (unpaired) electrons. The highest BCUT2D eigenvalue weighted by Gasteiger charge is 2.16. The summed E-state index contributed by atoms with van der Waals surface area (Å²) >= 11 is 0. The van der Waals surface area contributed by atoms with E-state index in [0.717, 1.165) is 29.8 Å². The lowest BCUT2D eigenvalue weighted by Crippen LogP contribution is -2.21. The average Bonchev–Trinajstić information content (AvgIpc) is 2.63. The van der Waals surface area contributed by atoms with Crippen LogP contribution in [0.25, 0.3) is 11.0 Å². The largest absolute Gasteiger partial charge is 0.450 e. The quantitative estimate of drug-likeness (QED) is 0.710. The Balaban J connectivity index is 1.67. The van der Waals surface area contributed by atoms with Gasteiger partial charge in [-0.15, -0.1) is 0 Å². The number of aryl methyl sites for hydroxylation is 1. The fraction of sp³-hybridized carbons (Fsp3) is 0.105. The summed E-state index contributed by atoms with van der Waals surface area (Å²) in [7, 11) is 0. The van der Waals surface area contributed by atoms with Gasteiger partial charge >= 0.3 is 5.97 Å². The molecule has 1 N–H and O–H groups in total. The lowest BCUT2D eigenvalue weighted by atomic mass is 10.1. The topological polar surface area (TPSA) is 85.6 Å². The average molecular weight is 373 g/mol. The minimum absolute atomic E-state index is 0.00237. The Morgan fingerprint density at radius 1 is 1.07 bits per heavy atom. The molecule has 0 saturated carbocycles. The van der Waals surface area contributed by atoms with Gasteiger partial charge in [-0.05, 0) is 31.2 Å². The molecule has 2 aromatic carbocycles. The number of benzene rings is 2. The molecule has 0 saturated heterocycles. The van der Waals surface area contributed by atoms with E-state index in [4.69, 9.17) is 9.15 Å². The predicted octanol–water partition coefficient (Wildman–Crippen LogP) is 3.18.